The van der Waals surface area contributed by atoms with Crippen molar-refractivity contribution in [3.05, 3.63) is 65.6 Å². The van der Waals surface area contributed by atoms with Crippen molar-refractivity contribution in [2.75, 3.05) is 0 Å². The van der Waals surface area contributed by atoms with Gasteiger partial charge in [0.15, 0.2) is 0 Å². The molecule has 0 radical (unpaired) electrons. The number of pyridine rings is 1. The highest BCUT2D eigenvalue weighted by Crippen LogP contribution is 2.28. The van der Waals surface area contributed by atoms with Crippen molar-refractivity contribution in [1.82, 2.24) is 9.97 Å². The summed E-state index contributed by atoms with van der Waals surface area (Å²) in [6.07, 6.45) is 6.21. The minimum Gasteiger partial charge on any atom is -0.361 e. The standard InChI is InChI=1S/C17H15N3/c1-12-4-5-17-15(7-12)16(11-20-17)14(9-18)8-13-3-2-6-19-10-13/h2-7,10-11,14,20H,8H2,1H3. The molecular formula is C17H15N3. The van der Waals surface area contributed by atoms with Gasteiger partial charge in [0, 0.05) is 29.5 Å². The Bertz CT molecular complexity index is 766. The summed E-state index contributed by atoms with van der Waals surface area (Å²) in [5.41, 5.74) is 4.43. The predicted molar refractivity (Wildman–Crippen MR) is 79.3 cm³/mol. The van der Waals surface area contributed by atoms with Gasteiger partial charge in [-0.05, 0) is 42.7 Å². The maximum Gasteiger partial charge on any atom is 0.0774 e. The van der Waals surface area contributed by atoms with Crippen LogP contribution in [0.4, 0.5) is 0 Å². The Balaban J connectivity index is 2.00. The number of aromatic amines is 1. The Kier molecular flexibility index (Phi) is 3.22. The quantitative estimate of drug-likeness (QED) is 0.781. The van der Waals surface area contributed by atoms with Gasteiger partial charge in [-0.3, -0.25) is 4.98 Å². The van der Waals surface area contributed by atoms with Crippen LogP contribution >= 0.6 is 0 Å². The largest absolute Gasteiger partial charge is 0.361 e. The first kappa shape index (κ1) is 12.4. The molecule has 1 atom stereocenters. The fourth-order valence-corrected chi connectivity index (χ4v) is 2.52. The van der Waals surface area contributed by atoms with Crippen LogP contribution < -0.4 is 0 Å². The van der Waals surface area contributed by atoms with Crippen LogP contribution in [0.5, 0.6) is 0 Å². The molecule has 0 fully saturated rings. The molecule has 3 aromatic rings. The lowest BCUT2D eigenvalue weighted by Gasteiger charge is -2.08. The summed E-state index contributed by atoms with van der Waals surface area (Å²) in [6.45, 7) is 2.07. The SMILES string of the molecule is Cc1ccc2[nH]cc(C(C#N)Cc3cccnc3)c2c1. The number of hydrogen-bond donors (Lipinski definition) is 1. The molecule has 20 heavy (non-hydrogen) atoms. The Labute approximate surface area is 117 Å². The van der Waals surface area contributed by atoms with Gasteiger partial charge in [-0.2, -0.15) is 5.26 Å². The van der Waals surface area contributed by atoms with Gasteiger partial charge in [-0.15, -0.1) is 0 Å². The highest BCUT2D eigenvalue weighted by atomic mass is 14.7. The lowest BCUT2D eigenvalue weighted by molar-refractivity contribution is 0.851. The molecule has 1 N–H and O–H groups in total. The Morgan fingerprint density at radius 1 is 1.35 bits per heavy atom. The van der Waals surface area contributed by atoms with Gasteiger partial charge < -0.3 is 4.98 Å². The molecule has 3 rings (SSSR count). The summed E-state index contributed by atoms with van der Waals surface area (Å²) >= 11 is 0. The highest BCUT2D eigenvalue weighted by Gasteiger charge is 2.16. The first-order chi connectivity index (χ1) is 9.78. The van der Waals surface area contributed by atoms with Gasteiger partial charge in [-0.25, -0.2) is 0 Å². The second-order valence-corrected chi connectivity index (χ2v) is 5.04. The van der Waals surface area contributed by atoms with Gasteiger partial charge in [0.05, 0.1) is 12.0 Å². The van der Waals surface area contributed by atoms with E-state index in [0.29, 0.717) is 6.42 Å². The number of fused-ring (bicyclic) bond motifs is 1. The molecule has 2 heterocycles. The number of aromatic nitrogens is 2. The fourth-order valence-electron chi connectivity index (χ4n) is 2.52. The minimum absolute atomic E-state index is 0.158. The van der Waals surface area contributed by atoms with Crippen molar-refractivity contribution in [1.29, 1.82) is 5.26 Å². The van der Waals surface area contributed by atoms with E-state index in [-0.39, 0.29) is 5.92 Å². The third-order valence-corrected chi connectivity index (χ3v) is 3.56. The minimum atomic E-state index is -0.158. The number of H-pyrrole nitrogens is 1. The van der Waals surface area contributed by atoms with E-state index >= 15 is 0 Å². The molecule has 0 aliphatic rings. The number of nitriles is 1. The molecule has 98 valence electrons. The molecule has 1 aromatic carbocycles. The Morgan fingerprint density at radius 3 is 3.00 bits per heavy atom. The number of nitrogens with zero attached hydrogens (tertiary/aromatic N) is 2. The lowest BCUT2D eigenvalue weighted by Crippen LogP contribution is -2.00. The zero-order valence-corrected chi connectivity index (χ0v) is 11.3. The average Bonchev–Trinajstić information content (AvgIpc) is 2.89. The smallest absolute Gasteiger partial charge is 0.0774 e. The van der Waals surface area contributed by atoms with Gasteiger partial charge >= 0.3 is 0 Å². The van der Waals surface area contributed by atoms with Crippen LogP contribution in [0.25, 0.3) is 10.9 Å². The van der Waals surface area contributed by atoms with Gasteiger partial charge in [0.2, 0.25) is 0 Å². The summed E-state index contributed by atoms with van der Waals surface area (Å²) in [4.78, 5) is 7.36. The van der Waals surface area contributed by atoms with Crippen molar-refractivity contribution in [2.24, 2.45) is 0 Å². The Hall–Kier alpha value is -2.60. The second kappa shape index (κ2) is 5.18. The zero-order chi connectivity index (χ0) is 13.9. The number of aryl methyl sites for hydroxylation is 1. The van der Waals surface area contributed by atoms with Crippen molar-refractivity contribution < 1.29 is 0 Å². The molecule has 0 bridgehead atoms. The molecule has 3 heteroatoms. The van der Waals surface area contributed by atoms with Crippen LogP contribution in [0.2, 0.25) is 0 Å². The third kappa shape index (κ3) is 2.28. The van der Waals surface area contributed by atoms with Crippen molar-refractivity contribution in [3.63, 3.8) is 0 Å². The molecule has 2 aromatic heterocycles. The van der Waals surface area contributed by atoms with Gasteiger partial charge in [0.25, 0.3) is 0 Å². The van der Waals surface area contributed by atoms with E-state index in [4.69, 9.17) is 0 Å². The van der Waals surface area contributed by atoms with Crippen LogP contribution in [-0.4, -0.2) is 9.97 Å². The van der Waals surface area contributed by atoms with E-state index in [9.17, 15) is 5.26 Å². The molecule has 0 saturated heterocycles. The summed E-state index contributed by atoms with van der Waals surface area (Å²) < 4.78 is 0. The zero-order valence-electron chi connectivity index (χ0n) is 11.3. The second-order valence-electron chi connectivity index (χ2n) is 5.04. The normalized spacial score (nSPS) is 12.2. The molecule has 0 saturated carbocycles. The average molecular weight is 261 g/mol. The topological polar surface area (TPSA) is 52.5 Å². The van der Waals surface area contributed by atoms with E-state index in [2.05, 4.69) is 41.2 Å². The van der Waals surface area contributed by atoms with E-state index < -0.39 is 0 Å². The van der Waals surface area contributed by atoms with Crippen LogP contribution in [-0.2, 0) is 6.42 Å². The van der Waals surface area contributed by atoms with E-state index in [0.717, 1.165) is 22.0 Å². The van der Waals surface area contributed by atoms with Crippen LogP contribution in [0.3, 0.4) is 0 Å². The number of benzene rings is 1. The van der Waals surface area contributed by atoms with Crippen molar-refractivity contribution in [3.8, 4) is 6.07 Å². The number of rotatable bonds is 3. The van der Waals surface area contributed by atoms with Crippen LogP contribution in [0.15, 0.2) is 48.9 Å². The maximum absolute atomic E-state index is 9.50. The molecule has 3 nitrogen and oxygen atoms in total. The van der Waals surface area contributed by atoms with E-state index in [1.165, 1.54) is 5.56 Å². The van der Waals surface area contributed by atoms with Crippen LogP contribution in [0.1, 0.15) is 22.6 Å². The van der Waals surface area contributed by atoms with E-state index in [1.807, 2.05) is 24.5 Å². The maximum atomic E-state index is 9.50. The molecule has 0 aliphatic carbocycles. The first-order valence-corrected chi connectivity index (χ1v) is 6.64. The van der Waals surface area contributed by atoms with Gasteiger partial charge in [-0.1, -0.05) is 17.7 Å². The van der Waals surface area contributed by atoms with E-state index in [1.54, 1.807) is 6.20 Å². The Morgan fingerprint density at radius 2 is 2.25 bits per heavy atom. The van der Waals surface area contributed by atoms with Crippen molar-refractivity contribution >= 4 is 10.9 Å². The first-order valence-electron chi connectivity index (χ1n) is 6.64. The fraction of sp³-hybridized carbons (Fsp3) is 0.176. The highest BCUT2D eigenvalue weighted by molar-refractivity contribution is 5.84. The molecule has 0 amide bonds. The third-order valence-electron chi connectivity index (χ3n) is 3.56. The molecular weight excluding hydrogens is 246 g/mol. The van der Waals surface area contributed by atoms with Crippen LogP contribution in [0, 0.1) is 18.3 Å². The predicted octanol–water partition coefficient (Wildman–Crippen LogP) is 3.72. The summed E-state index contributed by atoms with van der Waals surface area (Å²) in [5.74, 6) is -0.158. The monoisotopic (exact) mass is 261 g/mol. The number of nitrogens with one attached hydrogen (secondary N) is 1. The number of hydrogen-bond acceptors (Lipinski definition) is 2. The summed E-state index contributed by atoms with van der Waals surface area (Å²) in [6, 6.07) is 12.6. The lowest BCUT2D eigenvalue weighted by atomic mass is 9.93. The molecule has 0 aliphatic heterocycles. The summed E-state index contributed by atoms with van der Waals surface area (Å²) in [5, 5.41) is 10.6. The molecule has 1 unspecified atom stereocenters. The van der Waals surface area contributed by atoms with Gasteiger partial charge in [0.1, 0.15) is 0 Å². The van der Waals surface area contributed by atoms with Crippen molar-refractivity contribution in [2.45, 2.75) is 19.3 Å². The summed E-state index contributed by atoms with van der Waals surface area (Å²) in [7, 11) is 0. The molecule has 0 spiro atoms.